The molecule has 2 aromatic carbocycles. The first kappa shape index (κ1) is 20.3. The second-order valence-electron chi connectivity index (χ2n) is 6.15. The number of hydrogen-bond donors (Lipinski definition) is 1. The van der Waals surface area contributed by atoms with Crippen molar-refractivity contribution < 1.29 is 23.8 Å². The molecule has 0 aliphatic carbocycles. The van der Waals surface area contributed by atoms with Gasteiger partial charge in [0.05, 0.1) is 19.3 Å². The quantitative estimate of drug-likeness (QED) is 0.748. The summed E-state index contributed by atoms with van der Waals surface area (Å²) in [5.41, 5.74) is 2.95. The van der Waals surface area contributed by atoms with E-state index in [1.807, 2.05) is 39.0 Å². The Morgan fingerprint density at radius 1 is 1.07 bits per heavy atom. The number of carbonyl (C=O) groups excluding carboxylic acids is 2. The van der Waals surface area contributed by atoms with Gasteiger partial charge in [0, 0.05) is 5.69 Å². The van der Waals surface area contributed by atoms with Gasteiger partial charge in [-0.15, -0.1) is 0 Å². The molecule has 0 aliphatic rings. The lowest BCUT2D eigenvalue weighted by Gasteiger charge is -2.16. The number of rotatable bonds is 7. The van der Waals surface area contributed by atoms with E-state index in [4.69, 9.17) is 14.2 Å². The van der Waals surface area contributed by atoms with Crippen molar-refractivity contribution >= 4 is 17.6 Å². The zero-order valence-corrected chi connectivity index (χ0v) is 16.3. The van der Waals surface area contributed by atoms with Crippen LogP contribution in [0.2, 0.25) is 0 Å². The Bertz CT molecular complexity index is 831. The van der Waals surface area contributed by atoms with Crippen LogP contribution in [-0.2, 0) is 9.53 Å². The minimum absolute atomic E-state index is 0.283. The summed E-state index contributed by atoms with van der Waals surface area (Å²) in [6, 6.07) is 10.5. The minimum Gasteiger partial charge on any atom is -0.493 e. The van der Waals surface area contributed by atoms with E-state index in [1.165, 1.54) is 14.0 Å². The number of anilines is 1. The van der Waals surface area contributed by atoms with Crippen LogP contribution >= 0.6 is 0 Å². The zero-order valence-electron chi connectivity index (χ0n) is 16.3. The van der Waals surface area contributed by atoms with Crippen LogP contribution < -0.4 is 14.8 Å². The molecule has 6 heteroatoms. The van der Waals surface area contributed by atoms with Crippen molar-refractivity contribution in [1.29, 1.82) is 0 Å². The molecule has 1 N–H and O–H groups in total. The molecule has 144 valence electrons. The molecule has 2 aromatic rings. The van der Waals surface area contributed by atoms with Gasteiger partial charge in [-0.25, -0.2) is 4.79 Å². The van der Waals surface area contributed by atoms with E-state index in [0.29, 0.717) is 23.8 Å². The molecule has 1 atom stereocenters. The molecule has 0 spiro atoms. The van der Waals surface area contributed by atoms with Crippen molar-refractivity contribution in [3.8, 4) is 11.5 Å². The Hall–Kier alpha value is -3.02. The summed E-state index contributed by atoms with van der Waals surface area (Å²) in [5.74, 6) is -0.0335. The van der Waals surface area contributed by atoms with Crippen LogP contribution in [0.3, 0.4) is 0 Å². The summed E-state index contributed by atoms with van der Waals surface area (Å²) >= 11 is 0. The zero-order chi connectivity index (χ0) is 20.0. The van der Waals surface area contributed by atoms with Gasteiger partial charge in [0.25, 0.3) is 5.91 Å². The molecule has 0 aliphatic heterocycles. The molecule has 0 fully saturated rings. The second kappa shape index (κ2) is 9.07. The Kier molecular flexibility index (Phi) is 6.82. The molecule has 0 heterocycles. The van der Waals surface area contributed by atoms with Gasteiger partial charge in [-0.05, 0) is 63.1 Å². The van der Waals surface area contributed by atoms with E-state index in [1.54, 1.807) is 18.2 Å². The standard InChI is InChI=1S/C21H25NO5/c1-6-26-19-12-16(9-10-18(19)25-5)21(24)27-15(4)20(23)22-17-11-13(2)7-8-14(17)3/h7-12,15H,6H2,1-5H3,(H,22,23)/t15-/m1/s1. The molecule has 0 radical (unpaired) electrons. The third-order valence-electron chi connectivity index (χ3n) is 4.00. The Morgan fingerprint density at radius 3 is 2.48 bits per heavy atom. The molecule has 27 heavy (non-hydrogen) atoms. The van der Waals surface area contributed by atoms with Crippen molar-refractivity contribution in [2.75, 3.05) is 19.0 Å². The average Bonchev–Trinajstić information content (AvgIpc) is 2.64. The van der Waals surface area contributed by atoms with Crippen molar-refractivity contribution in [2.24, 2.45) is 0 Å². The van der Waals surface area contributed by atoms with E-state index in [9.17, 15) is 9.59 Å². The number of ether oxygens (including phenoxy) is 3. The van der Waals surface area contributed by atoms with E-state index >= 15 is 0 Å². The number of methoxy groups -OCH3 is 1. The van der Waals surface area contributed by atoms with E-state index in [2.05, 4.69) is 5.32 Å². The van der Waals surface area contributed by atoms with Crippen LogP contribution in [0.25, 0.3) is 0 Å². The van der Waals surface area contributed by atoms with Gasteiger partial charge in [-0.2, -0.15) is 0 Å². The van der Waals surface area contributed by atoms with Crippen LogP contribution in [0.15, 0.2) is 36.4 Å². The molecule has 0 aromatic heterocycles. The molecular weight excluding hydrogens is 346 g/mol. The third-order valence-corrected chi connectivity index (χ3v) is 4.00. The highest BCUT2D eigenvalue weighted by atomic mass is 16.5. The number of nitrogens with one attached hydrogen (secondary N) is 1. The third kappa shape index (κ3) is 5.23. The normalized spacial score (nSPS) is 11.4. The Labute approximate surface area is 159 Å². The topological polar surface area (TPSA) is 73.9 Å². The fraction of sp³-hybridized carbons (Fsp3) is 0.333. The summed E-state index contributed by atoms with van der Waals surface area (Å²) < 4.78 is 16.0. The van der Waals surface area contributed by atoms with Crippen LogP contribution in [-0.4, -0.2) is 31.7 Å². The number of aryl methyl sites for hydroxylation is 2. The highest BCUT2D eigenvalue weighted by Gasteiger charge is 2.20. The van der Waals surface area contributed by atoms with Gasteiger partial charge in [-0.3, -0.25) is 4.79 Å². The van der Waals surface area contributed by atoms with E-state index < -0.39 is 18.0 Å². The van der Waals surface area contributed by atoms with Gasteiger partial charge in [0.15, 0.2) is 17.6 Å². The predicted octanol–water partition coefficient (Wildman–Crippen LogP) is 3.89. The van der Waals surface area contributed by atoms with Gasteiger partial charge in [0.2, 0.25) is 0 Å². The first-order valence-corrected chi connectivity index (χ1v) is 8.75. The molecular formula is C21H25NO5. The largest absolute Gasteiger partial charge is 0.493 e. The van der Waals surface area contributed by atoms with E-state index in [0.717, 1.165) is 11.1 Å². The molecule has 0 unspecified atom stereocenters. The van der Waals surface area contributed by atoms with Gasteiger partial charge in [-0.1, -0.05) is 12.1 Å². The summed E-state index contributed by atoms with van der Waals surface area (Å²) in [5, 5.41) is 2.80. The highest BCUT2D eigenvalue weighted by Crippen LogP contribution is 2.28. The Morgan fingerprint density at radius 2 is 1.81 bits per heavy atom. The minimum atomic E-state index is -0.949. The summed E-state index contributed by atoms with van der Waals surface area (Å²) in [4.78, 5) is 24.8. The molecule has 6 nitrogen and oxygen atoms in total. The smallest absolute Gasteiger partial charge is 0.339 e. The van der Waals surface area contributed by atoms with Crippen molar-refractivity contribution in [1.82, 2.24) is 0 Å². The monoisotopic (exact) mass is 371 g/mol. The van der Waals surface area contributed by atoms with Crippen molar-refractivity contribution in [3.05, 3.63) is 53.1 Å². The first-order valence-electron chi connectivity index (χ1n) is 8.75. The Balaban J connectivity index is 2.07. The van der Waals surface area contributed by atoms with Crippen molar-refractivity contribution in [3.63, 3.8) is 0 Å². The number of amides is 1. The number of carbonyl (C=O) groups is 2. The fourth-order valence-electron chi connectivity index (χ4n) is 2.46. The lowest BCUT2D eigenvalue weighted by atomic mass is 10.1. The second-order valence-corrected chi connectivity index (χ2v) is 6.15. The fourth-order valence-corrected chi connectivity index (χ4v) is 2.46. The van der Waals surface area contributed by atoms with Crippen LogP contribution in [0.5, 0.6) is 11.5 Å². The summed E-state index contributed by atoms with van der Waals surface area (Å²) in [6.45, 7) is 7.65. The number of esters is 1. The molecule has 1 amide bonds. The lowest BCUT2D eigenvalue weighted by Crippen LogP contribution is -2.30. The highest BCUT2D eigenvalue weighted by molar-refractivity contribution is 5.98. The van der Waals surface area contributed by atoms with Crippen LogP contribution in [0, 0.1) is 13.8 Å². The summed E-state index contributed by atoms with van der Waals surface area (Å²) in [6.07, 6.45) is -0.949. The maximum Gasteiger partial charge on any atom is 0.339 e. The molecule has 0 saturated heterocycles. The SMILES string of the molecule is CCOc1cc(C(=O)O[C@H](C)C(=O)Nc2cc(C)ccc2C)ccc1OC. The molecule has 0 saturated carbocycles. The van der Waals surface area contributed by atoms with Crippen molar-refractivity contribution in [2.45, 2.75) is 33.8 Å². The number of benzene rings is 2. The lowest BCUT2D eigenvalue weighted by molar-refractivity contribution is -0.123. The first-order chi connectivity index (χ1) is 12.8. The van der Waals surface area contributed by atoms with Gasteiger partial charge >= 0.3 is 5.97 Å². The summed E-state index contributed by atoms with van der Waals surface area (Å²) in [7, 11) is 1.52. The molecule has 2 rings (SSSR count). The van der Waals surface area contributed by atoms with Gasteiger partial charge < -0.3 is 19.5 Å². The van der Waals surface area contributed by atoms with Crippen LogP contribution in [0.4, 0.5) is 5.69 Å². The van der Waals surface area contributed by atoms with Crippen LogP contribution in [0.1, 0.15) is 35.3 Å². The number of hydrogen-bond acceptors (Lipinski definition) is 5. The van der Waals surface area contributed by atoms with E-state index in [-0.39, 0.29) is 5.56 Å². The average molecular weight is 371 g/mol. The molecule has 0 bridgehead atoms. The maximum atomic E-state index is 12.4. The maximum absolute atomic E-state index is 12.4. The van der Waals surface area contributed by atoms with Gasteiger partial charge in [0.1, 0.15) is 0 Å². The predicted molar refractivity (Wildman–Crippen MR) is 104 cm³/mol.